The highest BCUT2D eigenvalue weighted by Crippen LogP contribution is 2.27. The van der Waals surface area contributed by atoms with Crippen LogP contribution in [0.5, 0.6) is 0 Å². The van der Waals surface area contributed by atoms with Crippen molar-refractivity contribution >= 4 is 41.1 Å². The van der Waals surface area contributed by atoms with E-state index in [9.17, 15) is 19.6 Å². The highest BCUT2D eigenvalue weighted by atomic mass is 32.1. The average molecular weight is 357 g/mol. The summed E-state index contributed by atoms with van der Waals surface area (Å²) in [7, 11) is 1.11. The van der Waals surface area contributed by atoms with Crippen LogP contribution in [-0.4, -0.2) is 35.4 Å². The molecule has 2 unspecified atom stereocenters. The molecule has 7 nitrogen and oxygen atoms in total. The number of amides is 1. The van der Waals surface area contributed by atoms with Crippen molar-refractivity contribution in [2.75, 3.05) is 7.11 Å². The van der Waals surface area contributed by atoms with Gasteiger partial charge in [-0.25, -0.2) is 4.79 Å². The molecule has 8 heteroatoms. The van der Waals surface area contributed by atoms with Crippen LogP contribution in [0.3, 0.4) is 0 Å². The van der Waals surface area contributed by atoms with Gasteiger partial charge >= 0.3 is 5.97 Å². The van der Waals surface area contributed by atoms with Gasteiger partial charge in [0.05, 0.1) is 13.2 Å². The molecule has 128 valence electrons. The molecule has 0 radical (unpaired) electrons. The normalized spacial score (nSPS) is 22.6. The first-order valence-electron chi connectivity index (χ1n) is 7.30. The first-order valence-corrected chi connectivity index (χ1v) is 7.71. The molecule has 1 aromatic carbocycles. The summed E-state index contributed by atoms with van der Waals surface area (Å²) < 4.78 is 4.72. The molecule has 25 heavy (non-hydrogen) atoms. The Labute approximate surface area is 149 Å². The van der Waals surface area contributed by atoms with Crippen molar-refractivity contribution in [3.8, 4) is 6.07 Å². The lowest BCUT2D eigenvalue weighted by atomic mass is 9.78. The molecule has 1 fully saturated rings. The lowest BCUT2D eigenvalue weighted by Gasteiger charge is -2.38. The van der Waals surface area contributed by atoms with E-state index >= 15 is 0 Å². The van der Waals surface area contributed by atoms with E-state index in [1.807, 2.05) is 18.2 Å². The third-order valence-corrected chi connectivity index (χ3v) is 3.93. The van der Waals surface area contributed by atoms with Gasteiger partial charge in [0, 0.05) is 6.42 Å². The number of esters is 1. The zero-order valence-corrected chi connectivity index (χ0v) is 14.1. The van der Waals surface area contributed by atoms with Crippen LogP contribution in [0.2, 0.25) is 0 Å². The summed E-state index contributed by atoms with van der Waals surface area (Å²) >= 11 is 4.90. The molecule has 1 amide bonds. The minimum absolute atomic E-state index is 0.137. The third kappa shape index (κ3) is 3.89. The Morgan fingerprint density at radius 2 is 2.08 bits per heavy atom. The van der Waals surface area contributed by atoms with Crippen molar-refractivity contribution in [3.63, 3.8) is 0 Å². The Bertz CT molecular complexity index is 785. The number of nitriles is 1. The maximum Gasteiger partial charge on any atom is 0.334 e. The summed E-state index contributed by atoms with van der Waals surface area (Å²) in [6.07, 6.45) is 2.41. The van der Waals surface area contributed by atoms with Crippen molar-refractivity contribution in [3.05, 3.63) is 42.0 Å². The zero-order valence-electron chi connectivity index (χ0n) is 13.3. The van der Waals surface area contributed by atoms with Gasteiger partial charge in [-0.3, -0.25) is 9.59 Å². The van der Waals surface area contributed by atoms with Crippen molar-refractivity contribution in [2.45, 2.75) is 12.0 Å². The van der Waals surface area contributed by atoms with E-state index in [-0.39, 0.29) is 5.11 Å². The Morgan fingerprint density at radius 3 is 2.68 bits per heavy atom. The number of allylic oxidation sites excluding steroid dienone is 1. The van der Waals surface area contributed by atoms with Crippen LogP contribution in [-0.2, 0) is 19.1 Å². The van der Waals surface area contributed by atoms with E-state index in [4.69, 9.17) is 17.0 Å². The van der Waals surface area contributed by atoms with E-state index in [2.05, 4.69) is 10.6 Å². The van der Waals surface area contributed by atoms with Crippen molar-refractivity contribution in [1.29, 1.82) is 5.26 Å². The lowest BCUT2D eigenvalue weighted by molar-refractivity contribution is -0.154. The van der Waals surface area contributed by atoms with Crippen molar-refractivity contribution < 1.29 is 19.1 Å². The number of benzene rings is 1. The molecule has 1 saturated heterocycles. The summed E-state index contributed by atoms with van der Waals surface area (Å²) in [5, 5.41) is 14.0. The molecular formula is C17H15N3O4S. The molecule has 0 spiro atoms. The predicted octanol–water partition coefficient (Wildman–Crippen LogP) is 0.715. The van der Waals surface area contributed by atoms with Crippen LogP contribution < -0.4 is 10.6 Å². The van der Waals surface area contributed by atoms with Gasteiger partial charge in [-0.15, -0.1) is 0 Å². The standard InChI is InChI=1S/C17H15N3O4S/c1-24-15(23)17(13(10-18)14(22)19-16(25)20-17)9-12(21)8-7-11-5-3-2-4-6-11/h2-8,13H,9H2,1H3,(H2,19,20,22,25)/b8-7+. The number of carbonyl (C=O) groups excluding carboxylic acids is 3. The number of methoxy groups -OCH3 is 1. The van der Waals surface area contributed by atoms with Gasteiger partial charge in [0.15, 0.2) is 22.4 Å². The maximum absolute atomic E-state index is 12.4. The number of thiocarbonyl (C=S) groups is 1. The highest BCUT2D eigenvalue weighted by Gasteiger charge is 2.55. The average Bonchev–Trinajstić information content (AvgIpc) is 2.59. The molecule has 1 aromatic rings. The van der Waals surface area contributed by atoms with E-state index in [0.29, 0.717) is 0 Å². The van der Waals surface area contributed by atoms with E-state index in [0.717, 1.165) is 12.7 Å². The van der Waals surface area contributed by atoms with Crippen molar-refractivity contribution in [1.82, 2.24) is 10.6 Å². The molecule has 0 saturated carbocycles. The topological polar surface area (TPSA) is 108 Å². The smallest absolute Gasteiger partial charge is 0.334 e. The Kier molecular flexibility index (Phi) is 5.62. The second-order valence-corrected chi connectivity index (χ2v) is 5.76. The van der Waals surface area contributed by atoms with Crippen molar-refractivity contribution in [2.24, 2.45) is 5.92 Å². The third-order valence-electron chi connectivity index (χ3n) is 3.72. The minimum Gasteiger partial charge on any atom is -0.467 e. The Hall–Kier alpha value is -3.05. The fraction of sp³-hybridized carbons (Fsp3) is 0.235. The second-order valence-electron chi connectivity index (χ2n) is 5.36. The summed E-state index contributed by atoms with van der Waals surface area (Å²) in [5.74, 6) is -3.57. The number of nitrogens with zero attached hydrogens (tertiary/aromatic N) is 1. The van der Waals surface area contributed by atoms with Crippen LogP contribution in [0, 0.1) is 17.2 Å². The number of rotatable bonds is 5. The van der Waals surface area contributed by atoms with Crippen LogP contribution in [0.4, 0.5) is 0 Å². The van der Waals surface area contributed by atoms with Gasteiger partial charge in [-0.1, -0.05) is 36.4 Å². The summed E-state index contributed by atoms with van der Waals surface area (Å²) in [6, 6.07) is 10.8. The second kappa shape index (κ2) is 7.68. The van der Waals surface area contributed by atoms with Crippen LogP contribution in [0.1, 0.15) is 12.0 Å². The molecule has 2 N–H and O–H groups in total. The number of nitrogens with one attached hydrogen (secondary N) is 2. The molecular weight excluding hydrogens is 342 g/mol. The lowest BCUT2D eigenvalue weighted by Crippen LogP contribution is -2.70. The summed E-state index contributed by atoms with van der Waals surface area (Å²) in [5.41, 5.74) is -1.06. The molecule has 2 rings (SSSR count). The quantitative estimate of drug-likeness (QED) is 0.454. The molecule has 1 heterocycles. The maximum atomic E-state index is 12.4. The Balaban J connectivity index is 2.31. The Morgan fingerprint density at radius 1 is 1.40 bits per heavy atom. The van der Waals surface area contributed by atoms with Gasteiger partial charge in [-0.05, 0) is 23.9 Å². The number of carbonyl (C=O) groups is 3. The van der Waals surface area contributed by atoms with Crippen LogP contribution in [0.15, 0.2) is 36.4 Å². The van der Waals surface area contributed by atoms with Gasteiger partial charge in [0.25, 0.3) is 0 Å². The van der Waals surface area contributed by atoms with Gasteiger partial charge in [-0.2, -0.15) is 5.26 Å². The minimum atomic E-state index is -1.86. The monoisotopic (exact) mass is 357 g/mol. The summed E-state index contributed by atoms with van der Waals surface area (Å²) in [4.78, 5) is 36.7. The number of hydrogen-bond acceptors (Lipinski definition) is 6. The van der Waals surface area contributed by atoms with Crippen LogP contribution in [0.25, 0.3) is 6.08 Å². The first kappa shape index (κ1) is 18.3. The molecule has 1 aliphatic heterocycles. The largest absolute Gasteiger partial charge is 0.467 e. The van der Waals surface area contributed by atoms with Gasteiger partial charge in [0.1, 0.15) is 0 Å². The molecule has 0 bridgehead atoms. The van der Waals surface area contributed by atoms with E-state index in [1.165, 1.54) is 6.08 Å². The summed E-state index contributed by atoms with van der Waals surface area (Å²) in [6.45, 7) is 0. The molecule has 0 aliphatic carbocycles. The number of ketones is 1. The fourth-order valence-electron chi connectivity index (χ4n) is 2.54. The highest BCUT2D eigenvalue weighted by molar-refractivity contribution is 7.80. The van der Waals surface area contributed by atoms with Gasteiger partial charge < -0.3 is 15.4 Å². The van der Waals surface area contributed by atoms with E-state index < -0.39 is 35.5 Å². The zero-order chi connectivity index (χ0) is 18.4. The molecule has 0 aromatic heterocycles. The first-order chi connectivity index (χ1) is 11.9. The van der Waals surface area contributed by atoms with E-state index in [1.54, 1.807) is 24.3 Å². The SMILES string of the molecule is COC(=O)C1(CC(=O)/C=C/c2ccccc2)NC(=S)NC(=O)C1C#N. The number of hydrogen-bond donors (Lipinski definition) is 2. The predicted molar refractivity (Wildman–Crippen MR) is 92.8 cm³/mol. The fourth-order valence-corrected chi connectivity index (χ4v) is 2.82. The molecule has 1 aliphatic rings. The number of ether oxygens (including phenoxy) is 1. The molecule has 2 atom stereocenters. The van der Waals surface area contributed by atoms with Crippen LogP contribution >= 0.6 is 12.2 Å². The van der Waals surface area contributed by atoms with Gasteiger partial charge in [0.2, 0.25) is 5.91 Å².